The third-order valence-electron chi connectivity index (χ3n) is 4.95. The maximum atomic E-state index is 12.3. The first-order chi connectivity index (χ1) is 9.94. The van der Waals surface area contributed by atoms with Crippen LogP contribution < -0.4 is 5.32 Å². The fraction of sp³-hybridized carbons (Fsp3) is 0.867. The van der Waals surface area contributed by atoms with Crippen LogP contribution in [-0.4, -0.2) is 65.7 Å². The molecular formula is C15H27N3O3. The summed E-state index contributed by atoms with van der Waals surface area (Å²) in [6, 6.07) is 0.185. The lowest BCUT2D eigenvalue weighted by atomic mass is 9.80. The maximum absolute atomic E-state index is 12.3. The van der Waals surface area contributed by atoms with E-state index in [4.69, 9.17) is 0 Å². The van der Waals surface area contributed by atoms with E-state index >= 15 is 0 Å². The van der Waals surface area contributed by atoms with Crippen LogP contribution in [0, 0.1) is 5.41 Å². The number of carboxylic acid groups (broad SMARTS) is 1. The molecule has 2 saturated heterocycles. The molecule has 1 unspecified atom stereocenters. The van der Waals surface area contributed by atoms with Crippen molar-refractivity contribution in [2.45, 2.75) is 45.6 Å². The minimum Gasteiger partial charge on any atom is -0.481 e. The van der Waals surface area contributed by atoms with E-state index < -0.39 is 11.4 Å². The highest BCUT2D eigenvalue weighted by atomic mass is 16.4. The van der Waals surface area contributed by atoms with Crippen LogP contribution in [0.4, 0.5) is 4.79 Å². The lowest BCUT2D eigenvalue weighted by Gasteiger charge is -2.38. The largest absolute Gasteiger partial charge is 0.481 e. The van der Waals surface area contributed by atoms with E-state index in [0.29, 0.717) is 25.9 Å². The average Bonchev–Trinajstić information content (AvgIpc) is 2.48. The predicted molar refractivity (Wildman–Crippen MR) is 80.2 cm³/mol. The molecular weight excluding hydrogens is 270 g/mol. The molecule has 1 atom stereocenters. The molecule has 0 aromatic carbocycles. The number of likely N-dealkylation sites (tertiary alicyclic amines) is 2. The number of carboxylic acids is 1. The smallest absolute Gasteiger partial charge is 0.317 e. The van der Waals surface area contributed by atoms with Gasteiger partial charge in [0.1, 0.15) is 0 Å². The Bertz CT molecular complexity index is 392. The van der Waals surface area contributed by atoms with E-state index in [1.807, 2.05) is 0 Å². The van der Waals surface area contributed by atoms with Crippen LogP contribution in [0.15, 0.2) is 0 Å². The number of aliphatic carboxylic acids is 1. The van der Waals surface area contributed by atoms with E-state index in [0.717, 1.165) is 32.5 Å². The number of carbonyl (C=O) groups is 2. The molecule has 0 aliphatic carbocycles. The van der Waals surface area contributed by atoms with Gasteiger partial charge in [-0.2, -0.15) is 0 Å². The third-order valence-corrected chi connectivity index (χ3v) is 4.95. The van der Waals surface area contributed by atoms with Crippen molar-refractivity contribution in [2.24, 2.45) is 5.41 Å². The molecule has 2 heterocycles. The minimum atomic E-state index is -0.756. The van der Waals surface area contributed by atoms with Gasteiger partial charge in [0.25, 0.3) is 0 Å². The molecule has 0 aromatic rings. The molecule has 2 aliphatic heterocycles. The van der Waals surface area contributed by atoms with E-state index in [9.17, 15) is 14.7 Å². The summed E-state index contributed by atoms with van der Waals surface area (Å²) in [6.07, 6.45) is 3.21. The van der Waals surface area contributed by atoms with Crippen molar-refractivity contribution in [3.8, 4) is 0 Å². The van der Waals surface area contributed by atoms with Crippen LogP contribution in [0.2, 0.25) is 0 Å². The number of likely N-dealkylation sites (N-methyl/N-ethyl adjacent to an activating group) is 1. The molecule has 120 valence electrons. The first-order valence-electron chi connectivity index (χ1n) is 7.96. The SMILES string of the molecule is CCN1CCCC(NC(=O)N2CCC(C)(C(=O)O)CC2)C1. The molecule has 21 heavy (non-hydrogen) atoms. The second-order valence-corrected chi connectivity index (χ2v) is 6.53. The number of nitrogens with zero attached hydrogens (tertiary/aromatic N) is 2. The van der Waals surface area contributed by atoms with Crippen molar-refractivity contribution in [2.75, 3.05) is 32.7 Å². The number of hydrogen-bond acceptors (Lipinski definition) is 3. The average molecular weight is 297 g/mol. The van der Waals surface area contributed by atoms with Gasteiger partial charge < -0.3 is 20.2 Å². The summed E-state index contributed by atoms with van der Waals surface area (Å²) in [5.41, 5.74) is -0.680. The van der Waals surface area contributed by atoms with Gasteiger partial charge in [-0.1, -0.05) is 6.92 Å². The van der Waals surface area contributed by atoms with Crippen molar-refractivity contribution >= 4 is 12.0 Å². The fourth-order valence-electron chi connectivity index (χ4n) is 3.14. The molecule has 2 fully saturated rings. The Kier molecular flexibility index (Phi) is 5.08. The number of amides is 2. The first-order valence-corrected chi connectivity index (χ1v) is 7.96. The molecule has 0 saturated carbocycles. The van der Waals surface area contributed by atoms with Gasteiger partial charge in [0.15, 0.2) is 0 Å². The second kappa shape index (κ2) is 6.64. The zero-order valence-electron chi connectivity index (χ0n) is 13.1. The van der Waals surface area contributed by atoms with Crippen LogP contribution in [0.1, 0.15) is 39.5 Å². The quantitative estimate of drug-likeness (QED) is 0.825. The van der Waals surface area contributed by atoms with Crippen molar-refractivity contribution in [1.82, 2.24) is 15.1 Å². The summed E-state index contributed by atoms with van der Waals surface area (Å²) in [7, 11) is 0. The summed E-state index contributed by atoms with van der Waals surface area (Å²) in [5, 5.41) is 12.3. The van der Waals surface area contributed by atoms with E-state index in [1.165, 1.54) is 0 Å². The Hall–Kier alpha value is -1.30. The molecule has 0 spiro atoms. The zero-order valence-corrected chi connectivity index (χ0v) is 13.1. The normalized spacial score (nSPS) is 26.4. The highest BCUT2D eigenvalue weighted by Gasteiger charge is 2.38. The fourth-order valence-corrected chi connectivity index (χ4v) is 3.14. The number of urea groups is 1. The number of hydrogen-bond donors (Lipinski definition) is 2. The molecule has 2 rings (SSSR count). The first kappa shape index (κ1) is 16.1. The summed E-state index contributed by atoms with van der Waals surface area (Å²) in [5.74, 6) is -0.756. The summed E-state index contributed by atoms with van der Waals surface area (Å²) in [4.78, 5) is 27.6. The summed E-state index contributed by atoms with van der Waals surface area (Å²) in [6.45, 7) is 8.02. The van der Waals surface area contributed by atoms with E-state index in [-0.39, 0.29) is 12.1 Å². The molecule has 2 N–H and O–H groups in total. The Morgan fingerprint density at radius 3 is 2.52 bits per heavy atom. The number of piperidine rings is 2. The highest BCUT2D eigenvalue weighted by molar-refractivity contribution is 5.77. The molecule has 2 amide bonds. The molecule has 0 bridgehead atoms. The predicted octanol–water partition coefficient (Wildman–Crippen LogP) is 1.37. The Morgan fingerprint density at radius 1 is 1.29 bits per heavy atom. The van der Waals surface area contributed by atoms with Gasteiger partial charge in [0.2, 0.25) is 0 Å². The van der Waals surface area contributed by atoms with Crippen LogP contribution >= 0.6 is 0 Å². The van der Waals surface area contributed by atoms with Crippen LogP contribution in [-0.2, 0) is 4.79 Å². The highest BCUT2D eigenvalue weighted by Crippen LogP contribution is 2.31. The van der Waals surface area contributed by atoms with Gasteiger partial charge in [0.05, 0.1) is 5.41 Å². The van der Waals surface area contributed by atoms with Gasteiger partial charge >= 0.3 is 12.0 Å². The van der Waals surface area contributed by atoms with Crippen LogP contribution in [0.25, 0.3) is 0 Å². The van der Waals surface area contributed by atoms with Gasteiger partial charge in [-0.05, 0) is 45.7 Å². The van der Waals surface area contributed by atoms with Gasteiger partial charge in [-0.15, -0.1) is 0 Å². The number of carbonyl (C=O) groups excluding carboxylic acids is 1. The van der Waals surface area contributed by atoms with Gasteiger partial charge in [-0.25, -0.2) is 4.79 Å². The van der Waals surface area contributed by atoms with Crippen molar-refractivity contribution in [1.29, 1.82) is 0 Å². The molecule has 2 aliphatic rings. The zero-order chi connectivity index (χ0) is 15.5. The standard InChI is InChI=1S/C15H27N3O3/c1-3-17-8-4-5-12(11-17)16-14(21)18-9-6-15(2,7-10-18)13(19)20/h12H,3-11H2,1-2H3,(H,16,21)(H,19,20). The van der Waals surface area contributed by atoms with Crippen LogP contribution in [0.3, 0.4) is 0 Å². The Labute approximate surface area is 126 Å². The van der Waals surface area contributed by atoms with Crippen molar-refractivity contribution < 1.29 is 14.7 Å². The second-order valence-electron chi connectivity index (χ2n) is 6.53. The van der Waals surface area contributed by atoms with Crippen molar-refractivity contribution in [3.63, 3.8) is 0 Å². The maximum Gasteiger partial charge on any atom is 0.317 e. The minimum absolute atomic E-state index is 0.0367. The lowest BCUT2D eigenvalue weighted by Crippen LogP contribution is -2.54. The number of nitrogens with one attached hydrogen (secondary N) is 1. The summed E-state index contributed by atoms with van der Waals surface area (Å²) < 4.78 is 0. The van der Waals surface area contributed by atoms with Gasteiger partial charge in [0, 0.05) is 25.7 Å². The molecule has 0 radical (unpaired) electrons. The lowest BCUT2D eigenvalue weighted by molar-refractivity contribution is -0.150. The Morgan fingerprint density at radius 2 is 1.95 bits per heavy atom. The third kappa shape index (κ3) is 3.87. The number of rotatable bonds is 3. The van der Waals surface area contributed by atoms with E-state index in [1.54, 1.807) is 11.8 Å². The van der Waals surface area contributed by atoms with Crippen LogP contribution in [0.5, 0.6) is 0 Å². The molecule has 6 heteroatoms. The Balaban J connectivity index is 1.81. The summed E-state index contributed by atoms with van der Waals surface area (Å²) >= 11 is 0. The molecule has 6 nitrogen and oxygen atoms in total. The topological polar surface area (TPSA) is 72.9 Å². The monoisotopic (exact) mass is 297 g/mol. The molecule has 0 aromatic heterocycles. The van der Waals surface area contributed by atoms with Gasteiger partial charge in [-0.3, -0.25) is 4.79 Å². The van der Waals surface area contributed by atoms with E-state index in [2.05, 4.69) is 17.1 Å². The van der Waals surface area contributed by atoms with Crippen molar-refractivity contribution in [3.05, 3.63) is 0 Å².